The summed E-state index contributed by atoms with van der Waals surface area (Å²) in [6.07, 6.45) is -4.52. The molecule has 162 valence electrons. The van der Waals surface area contributed by atoms with E-state index >= 15 is 0 Å². The van der Waals surface area contributed by atoms with Crippen LogP contribution in [0.1, 0.15) is 21.5 Å². The molecule has 4 rings (SSSR count). The number of hydrogen-bond donors (Lipinski definition) is 1. The third-order valence-electron chi connectivity index (χ3n) is 5.00. The molecule has 8 heteroatoms. The van der Waals surface area contributed by atoms with Crippen molar-refractivity contribution in [3.8, 4) is 11.3 Å². The molecule has 0 aliphatic carbocycles. The van der Waals surface area contributed by atoms with Crippen LogP contribution < -0.4 is 5.32 Å². The van der Waals surface area contributed by atoms with E-state index in [-0.39, 0.29) is 5.69 Å². The van der Waals surface area contributed by atoms with E-state index in [1.807, 2.05) is 0 Å². The maximum Gasteiger partial charge on any atom is 0.416 e. The third kappa shape index (κ3) is 4.29. The molecule has 0 fully saturated rings. The summed E-state index contributed by atoms with van der Waals surface area (Å²) in [4.78, 5) is 17.9. The molecule has 0 saturated carbocycles. The third-order valence-corrected chi connectivity index (χ3v) is 5.54. The lowest BCUT2D eigenvalue weighted by molar-refractivity contribution is -0.137. The Morgan fingerprint density at radius 3 is 2.44 bits per heavy atom. The van der Waals surface area contributed by atoms with Crippen molar-refractivity contribution in [2.24, 2.45) is 0 Å². The molecule has 1 amide bonds. The van der Waals surface area contributed by atoms with Crippen LogP contribution >= 0.6 is 23.2 Å². The Labute approximate surface area is 191 Å². The summed E-state index contributed by atoms with van der Waals surface area (Å²) in [6.45, 7) is 1.72. The quantitative estimate of drug-likeness (QED) is 0.329. The van der Waals surface area contributed by atoms with Crippen LogP contribution in [0, 0.1) is 6.92 Å². The van der Waals surface area contributed by atoms with Gasteiger partial charge in [0, 0.05) is 21.7 Å². The number of anilines is 1. The van der Waals surface area contributed by atoms with Gasteiger partial charge in [0.1, 0.15) is 0 Å². The molecule has 0 bridgehead atoms. The number of nitrogens with zero attached hydrogens (tertiary/aromatic N) is 1. The van der Waals surface area contributed by atoms with E-state index < -0.39 is 17.6 Å². The van der Waals surface area contributed by atoms with Crippen LogP contribution in [0.3, 0.4) is 0 Å². The normalized spacial score (nSPS) is 11.6. The number of amides is 1. The fraction of sp³-hybridized carbons (Fsp3) is 0.0833. The van der Waals surface area contributed by atoms with Gasteiger partial charge in [0.25, 0.3) is 5.91 Å². The van der Waals surface area contributed by atoms with E-state index in [4.69, 9.17) is 23.2 Å². The maximum absolute atomic E-state index is 13.3. The summed E-state index contributed by atoms with van der Waals surface area (Å²) in [5.41, 5.74) is 1.66. The highest BCUT2D eigenvalue weighted by Crippen LogP contribution is 2.35. The predicted octanol–water partition coefficient (Wildman–Crippen LogP) is 7.79. The smallest absolute Gasteiger partial charge is 0.322 e. The highest BCUT2D eigenvalue weighted by atomic mass is 35.5. The van der Waals surface area contributed by atoms with Crippen molar-refractivity contribution >= 4 is 45.7 Å². The predicted molar refractivity (Wildman–Crippen MR) is 121 cm³/mol. The average Bonchev–Trinajstić information content (AvgIpc) is 2.73. The van der Waals surface area contributed by atoms with Crippen LogP contribution in [0.5, 0.6) is 0 Å². The van der Waals surface area contributed by atoms with E-state index in [9.17, 15) is 18.0 Å². The zero-order chi connectivity index (χ0) is 23.0. The van der Waals surface area contributed by atoms with Crippen molar-refractivity contribution in [1.82, 2.24) is 4.98 Å². The van der Waals surface area contributed by atoms with Crippen LogP contribution in [-0.2, 0) is 6.18 Å². The number of fused-ring (bicyclic) bond motifs is 1. The molecular formula is C24H15Cl2F3N2O. The number of carbonyl (C=O) groups is 1. The van der Waals surface area contributed by atoms with E-state index in [0.29, 0.717) is 43.3 Å². The number of rotatable bonds is 3. The highest BCUT2D eigenvalue weighted by molar-refractivity contribution is 6.36. The molecule has 3 aromatic carbocycles. The van der Waals surface area contributed by atoms with Crippen molar-refractivity contribution in [2.75, 3.05) is 5.32 Å². The first-order valence-corrected chi connectivity index (χ1v) is 10.2. The molecular weight excluding hydrogens is 460 g/mol. The van der Waals surface area contributed by atoms with Gasteiger partial charge < -0.3 is 5.32 Å². The number of hydrogen-bond acceptors (Lipinski definition) is 2. The first-order chi connectivity index (χ1) is 15.1. The number of alkyl halides is 3. The van der Waals surface area contributed by atoms with Crippen molar-refractivity contribution in [1.29, 1.82) is 0 Å². The standard InChI is InChI=1S/C24H15Cl2F3N2O/c1-13-21(23(32)30-16-6-4-5-14(11-16)24(27,28)29)18-7-2-3-8-20(18)31-22(13)17-10-9-15(25)12-19(17)26/h2-12H,1H3,(H,30,32). The van der Waals surface area contributed by atoms with E-state index in [2.05, 4.69) is 10.3 Å². The second kappa shape index (κ2) is 8.45. The van der Waals surface area contributed by atoms with Crippen LogP contribution in [0.15, 0.2) is 66.7 Å². The molecule has 1 heterocycles. The number of carbonyl (C=O) groups excluding carboxylic acids is 1. The highest BCUT2D eigenvalue weighted by Gasteiger charge is 2.30. The Kier molecular flexibility index (Phi) is 5.84. The Morgan fingerprint density at radius 2 is 1.72 bits per heavy atom. The molecule has 4 aromatic rings. The minimum atomic E-state index is -4.52. The van der Waals surface area contributed by atoms with Gasteiger partial charge in [0.15, 0.2) is 0 Å². The number of aromatic nitrogens is 1. The van der Waals surface area contributed by atoms with Gasteiger partial charge in [0.2, 0.25) is 0 Å². The van der Waals surface area contributed by atoms with Gasteiger partial charge in [-0.25, -0.2) is 4.98 Å². The summed E-state index contributed by atoms with van der Waals surface area (Å²) in [6, 6.07) is 16.5. The molecule has 0 atom stereocenters. The van der Waals surface area contributed by atoms with Gasteiger partial charge in [-0.2, -0.15) is 13.2 Å². The average molecular weight is 475 g/mol. The lowest BCUT2D eigenvalue weighted by Crippen LogP contribution is -2.16. The van der Waals surface area contributed by atoms with Gasteiger partial charge >= 0.3 is 6.18 Å². The van der Waals surface area contributed by atoms with Gasteiger partial charge in [-0.15, -0.1) is 0 Å². The van der Waals surface area contributed by atoms with Gasteiger partial charge in [-0.3, -0.25) is 4.79 Å². The van der Waals surface area contributed by atoms with Gasteiger partial charge in [-0.05, 0) is 55.0 Å². The topological polar surface area (TPSA) is 42.0 Å². The van der Waals surface area contributed by atoms with Crippen LogP contribution in [0.25, 0.3) is 22.2 Å². The van der Waals surface area contributed by atoms with Gasteiger partial charge in [-0.1, -0.05) is 47.5 Å². The Balaban J connectivity index is 1.85. The first-order valence-electron chi connectivity index (χ1n) is 9.48. The van der Waals surface area contributed by atoms with Crippen molar-refractivity contribution in [2.45, 2.75) is 13.1 Å². The zero-order valence-corrected chi connectivity index (χ0v) is 18.1. The minimum absolute atomic E-state index is 0.0381. The molecule has 0 aliphatic rings. The largest absolute Gasteiger partial charge is 0.416 e. The fourth-order valence-electron chi connectivity index (χ4n) is 3.51. The van der Waals surface area contributed by atoms with Crippen molar-refractivity contribution in [3.05, 3.63) is 93.5 Å². The summed E-state index contributed by atoms with van der Waals surface area (Å²) < 4.78 is 39.2. The lowest BCUT2D eigenvalue weighted by atomic mass is 9.97. The minimum Gasteiger partial charge on any atom is -0.322 e. The summed E-state index contributed by atoms with van der Waals surface area (Å²) in [5, 5.41) is 3.98. The monoisotopic (exact) mass is 474 g/mol. The first kappa shape index (κ1) is 22.1. The Hall–Kier alpha value is -3.09. The number of benzene rings is 3. The number of para-hydroxylation sites is 1. The molecule has 3 nitrogen and oxygen atoms in total. The Bertz CT molecular complexity index is 1350. The SMILES string of the molecule is Cc1c(-c2ccc(Cl)cc2Cl)nc2ccccc2c1C(=O)Nc1cccc(C(F)(F)F)c1. The summed E-state index contributed by atoms with van der Waals surface area (Å²) >= 11 is 12.4. The van der Waals surface area contributed by atoms with E-state index in [0.717, 1.165) is 12.1 Å². The lowest BCUT2D eigenvalue weighted by Gasteiger charge is -2.16. The zero-order valence-electron chi connectivity index (χ0n) is 16.6. The second-order valence-electron chi connectivity index (χ2n) is 7.13. The van der Waals surface area contributed by atoms with E-state index in [1.165, 1.54) is 12.1 Å². The summed E-state index contributed by atoms with van der Waals surface area (Å²) in [7, 11) is 0. The molecule has 0 spiro atoms. The van der Waals surface area contributed by atoms with Crippen molar-refractivity contribution in [3.63, 3.8) is 0 Å². The number of halogens is 5. The van der Waals surface area contributed by atoms with Gasteiger partial charge in [0.05, 0.1) is 27.4 Å². The van der Waals surface area contributed by atoms with Crippen LogP contribution in [-0.4, -0.2) is 10.9 Å². The number of nitrogens with one attached hydrogen (secondary N) is 1. The second-order valence-corrected chi connectivity index (χ2v) is 7.98. The molecule has 0 radical (unpaired) electrons. The maximum atomic E-state index is 13.3. The molecule has 1 N–H and O–H groups in total. The molecule has 1 aromatic heterocycles. The fourth-order valence-corrected chi connectivity index (χ4v) is 4.01. The molecule has 0 unspecified atom stereocenters. The van der Waals surface area contributed by atoms with Crippen LogP contribution in [0.4, 0.5) is 18.9 Å². The summed E-state index contributed by atoms with van der Waals surface area (Å²) in [5.74, 6) is -0.549. The van der Waals surface area contributed by atoms with Crippen LogP contribution in [0.2, 0.25) is 10.0 Å². The Morgan fingerprint density at radius 1 is 0.969 bits per heavy atom. The number of pyridine rings is 1. The van der Waals surface area contributed by atoms with Crippen molar-refractivity contribution < 1.29 is 18.0 Å². The molecule has 0 aliphatic heterocycles. The van der Waals surface area contributed by atoms with E-state index in [1.54, 1.807) is 49.4 Å². The molecule has 32 heavy (non-hydrogen) atoms. The molecule has 0 saturated heterocycles.